The van der Waals surface area contributed by atoms with Gasteiger partial charge in [0.1, 0.15) is 0 Å². The third kappa shape index (κ3) is 2.54. The van der Waals surface area contributed by atoms with E-state index >= 15 is 0 Å². The normalized spacial score (nSPS) is 23.5. The summed E-state index contributed by atoms with van der Waals surface area (Å²) in [6.07, 6.45) is 0. The highest BCUT2D eigenvalue weighted by molar-refractivity contribution is 5.87. The fraction of sp³-hybridized carbons (Fsp3) is 0.348. The molecule has 2 aromatic carbocycles. The predicted octanol–water partition coefficient (Wildman–Crippen LogP) is 3.39. The average molecular weight is 410 g/mol. The number of methoxy groups -OCH3 is 3. The zero-order valence-corrected chi connectivity index (χ0v) is 17.0. The Labute approximate surface area is 174 Å². The molecule has 2 aromatic rings. The van der Waals surface area contributed by atoms with Gasteiger partial charge in [-0.15, -0.1) is 0 Å². The molecular weight excluding hydrogens is 388 g/mol. The first kappa shape index (κ1) is 18.7. The van der Waals surface area contributed by atoms with E-state index in [-0.39, 0.29) is 24.6 Å². The van der Waals surface area contributed by atoms with Crippen LogP contribution in [0.25, 0.3) is 5.57 Å². The van der Waals surface area contributed by atoms with E-state index in [1.165, 1.54) is 0 Å². The van der Waals surface area contributed by atoms with Crippen molar-refractivity contribution in [1.29, 1.82) is 0 Å². The van der Waals surface area contributed by atoms with Crippen molar-refractivity contribution >= 4 is 11.5 Å². The van der Waals surface area contributed by atoms with E-state index in [0.29, 0.717) is 35.4 Å². The number of hydrogen-bond donors (Lipinski definition) is 0. The van der Waals surface area contributed by atoms with Crippen molar-refractivity contribution in [2.45, 2.75) is 5.92 Å². The zero-order chi connectivity index (χ0) is 21.0. The van der Waals surface area contributed by atoms with Crippen molar-refractivity contribution in [3.63, 3.8) is 0 Å². The first-order valence-corrected chi connectivity index (χ1v) is 9.66. The van der Waals surface area contributed by atoms with Crippen LogP contribution in [-0.4, -0.2) is 40.7 Å². The molecular formula is C23H22O7. The van der Waals surface area contributed by atoms with Crippen LogP contribution in [-0.2, 0) is 9.53 Å². The summed E-state index contributed by atoms with van der Waals surface area (Å²) < 4.78 is 33.2. The highest BCUT2D eigenvalue weighted by Crippen LogP contribution is 2.55. The van der Waals surface area contributed by atoms with E-state index in [0.717, 1.165) is 22.3 Å². The Balaban J connectivity index is 1.75. The first-order valence-electron chi connectivity index (χ1n) is 9.66. The lowest BCUT2D eigenvalue weighted by Crippen LogP contribution is -2.30. The van der Waals surface area contributed by atoms with Gasteiger partial charge in [0, 0.05) is 11.8 Å². The number of rotatable bonds is 4. The highest BCUT2D eigenvalue weighted by atomic mass is 16.7. The summed E-state index contributed by atoms with van der Waals surface area (Å²) in [5.41, 5.74) is 3.64. The highest BCUT2D eigenvalue weighted by Gasteiger charge is 2.50. The molecule has 0 spiro atoms. The Hall–Kier alpha value is -3.35. The number of esters is 1. The van der Waals surface area contributed by atoms with Gasteiger partial charge in [0.05, 0.1) is 33.9 Å². The largest absolute Gasteiger partial charge is 0.493 e. The fourth-order valence-corrected chi connectivity index (χ4v) is 4.78. The van der Waals surface area contributed by atoms with Gasteiger partial charge in [0.15, 0.2) is 23.0 Å². The molecule has 0 aromatic heterocycles. The molecule has 7 nitrogen and oxygen atoms in total. The Bertz CT molecular complexity index is 1030. The van der Waals surface area contributed by atoms with Gasteiger partial charge >= 0.3 is 5.97 Å². The average Bonchev–Trinajstić information content (AvgIpc) is 3.38. The molecule has 2 heterocycles. The van der Waals surface area contributed by atoms with Crippen LogP contribution in [0, 0.1) is 11.8 Å². The maximum Gasteiger partial charge on any atom is 0.310 e. The molecule has 0 saturated carbocycles. The number of carbonyl (C=O) groups excluding carboxylic acids is 1. The molecule has 1 fully saturated rings. The molecule has 1 aliphatic carbocycles. The summed E-state index contributed by atoms with van der Waals surface area (Å²) in [4.78, 5) is 12.8. The molecule has 5 rings (SSSR count). The van der Waals surface area contributed by atoms with Crippen molar-refractivity contribution in [3.8, 4) is 28.7 Å². The maximum absolute atomic E-state index is 12.8. The Kier molecular flexibility index (Phi) is 4.27. The van der Waals surface area contributed by atoms with Crippen molar-refractivity contribution in [3.05, 3.63) is 47.5 Å². The molecule has 2 aliphatic heterocycles. The molecule has 0 radical (unpaired) electrons. The van der Waals surface area contributed by atoms with Gasteiger partial charge in [-0.25, -0.2) is 0 Å². The van der Waals surface area contributed by atoms with Crippen molar-refractivity contribution in [2.24, 2.45) is 11.8 Å². The number of hydrogen-bond acceptors (Lipinski definition) is 7. The van der Waals surface area contributed by atoms with E-state index in [2.05, 4.69) is 6.58 Å². The van der Waals surface area contributed by atoms with Crippen LogP contribution in [0.5, 0.6) is 28.7 Å². The van der Waals surface area contributed by atoms with E-state index in [9.17, 15) is 4.79 Å². The van der Waals surface area contributed by atoms with E-state index in [1.54, 1.807) is 21.3 Å². The number of cyclic esters (lactones) is 1. The van der Waals surface area contributed by atoms with E-state index < -0.39 is 5.92 Å². The quantitative estimate of drug-likeness (QED) is 0.716. The maximum atomic E-state index is 12.8. The third-order valence-corrected chi connectivity index (χ3v) is 6.19. The molecule has 3 aliphatic rings. The molecule has 0 N–H and O–H groups in total. The minimum absolute atomic E-state index is 0.116. The summed E-state index contributed by atoms with van der Waals surface area (Å²) in [6, 6.07) is 7.66. The van der Waals surface area contributed by atoms with Crippen LogP contribution < -0.4 is 23.7 Å². The van der Waals surface area contributed by atoms with Gasteiger partial charge in [-0.3, -0.25) is 4.79 Å². The monoisotopic (exact) mass is 410 g/mol. The number of fused-ring (bicyclic) bond motifs is 3. The molecule has 7 heteroatoms. The fourth-order valence-electron chi connectivity index (χ4n) is 4.78. The van der Waals surface area contributed by atoms with Gasteiger partial charge < -0.3 is 28.4 Å². The summed E-state index contributed by atoms with van der Waals surface area (Å²) in [5, 5.41) is 0. The second-order valence-corrected chi connectivity index (χ2v) is 7.52. The molecule has 0 amide bonds. The van der Waals surface area contributed by atoms with Gasteiger partial charge in [-0.1, -0.05) is 6.58 Å². The minimum atomic E-state index is -0.395. The smallest absolute Gasteiger partial charge is 0.310 e. The second-order valence-electron chi connectivity index (χ2n) is 7.52. The lowest BCUT2D eigenvalue weighted by Gasteiger charge is -2.35. The van der Waals surface area contributed by atoms with Gasteiger partial charge in [-0.05, 0) is 46.5 Å². The van der Waals surface area contributed by atoms with Crippen LogP contribution in [0.4, 0.5) is 0 Å². The Morgan fingerprint density at radius 1 is 0.933 bits per heavy atom. The van der Waals surface area contributed by atoms with Crippen molar-refractivity contribution in [2.75, 3.05) is 34.7 Å². The molecule has 2 unspecified atom stereocenters. The van der Waals surface area contributed by atoms with Crippen LogP contribution >= 0.6 is 0 Å². The topological polar surface area (TPSA) is 72.5 Å². The lowest BCUT2D eigenvalue weighted by molar-refractivity contribution is -0.141. The minimum Gasteiger partial charge on any atom is -0.493 e. The summed E-state index contributed by atoms with van der Waals surface area (Å²) in [7, 11) is 4.70. The predicted molar refractivity (Wildman–Crippen MR) is 107 cm³/mol. The summed E-state index contributed by atoms with van der Waals surface area (Å²) >= 11 is 0. The van der Waals surface area contributed by atoms with Crippen molar-refractivity contribution < 1.29 is 33.2 Å². The molecule has 1 saturated heterocycles. The molecule has 0 bridgehead atoms. The van der Waals surface area contributed by atoms with Crippen molar-refractivity contribution in [1.82, 2.24) is 0 Å². The lowest BCUT2D eigenvalue weighted by atomic mass is 9.65. The van der Waals surface area contributed by atoms with Crippen LogP contribution in [0.3, 0.4) is 0 Å². The molecule has 3 atom stereocenters. The number of benzene rings is 2. The second kappa shape index (κ2) is 6.86. The molecule has 30 heavy (non-hydrogen) atoms. The summed E-state index contributed by atoms with van der Waals surface area (Å²) in [5.74, 6) is 1.87. The van der Waals surface area contributed by atoms with Crippen LogP contribution in [0.2, 0.25) is 0 Å². The molecule has 156 valence electrons. The SMILES string of the molecule is C=C1c2cc3c(cc2C(c2cc(OC)c(OC)c(OC)c2)[C@@H]2C(=O)OCC12)OCO3. The van der Waals surface area contributed by atoms with Crippen LogP contribution in [0.1, 0.15) is 22.6 Å². The van der Waals surface area contributed by atoms with Gasteiger partial charge in [0.2, 0.25) is 12.5 Å². The van der Waals surface area contributed by atoms with Gasteiger partial charge in [0.25, 0.3) is 0 Å². The van der Waals surface area contributed by atoms with Gasteiger partial charge in [-0.2, -0.15) is 0 Å². The van der Waals surface area contributed by atoms with Crippen LogP contribution in [0.15, 0.2) is 30.8 Å². The van der Waals surface area contributed by atoms with E-state index in [4.69, 9.17) is 28.4 Å². The number of carbonyl (C=O) groups is 1. The Morgan fingerprint density at radius 3 is 2.23 bits per heavy atom. The Morgan fingerprint density at radius 2 is 1.60 bits per heavy atom. The third-order valence-electron chi connectivity index (χ3n) is 6.19. The first-order chi connectivity index (χ1) is 14.6. The standard InChI is InChI=1S/C23H22O7/c1-11-13-7-16-17(30-10-29-16)8-14(13)20(21-15(11)9-28-23(21)24)12-5-18(25-2)22(27-4)19(6-12)26-3/h5-8,15,20-21H,1,9-10H2,2-4H3/t15?,20?,21-/m1/s1. The summed E-state index contributed by atoms with van der Waals surface area (Å²) in [6.45, 7) is 4.77. The van der Waals surface area contributed by atoms with E-state index in [1.807, 2.05) is 24.3 Å². The zero-order valence-electron chi connectivity index (χ0n) is 17.0. The number of ether oxygens (including phenoxy) is 6.